The SMILES string of the molecule is CC(C)(CNc1ccc(Br)cc1N)c1ccncc1. The number of nitrogens with zero attached hydrogens (tertiary/aromatic N) is 1. The lowest BCUT2D eigenvalue weighted by Gasteiger charge is -2.26. The van der Waals surface area contributed by atoms with Crippen LogP contribution in [0, 0.1) is 0 Å². The summed E-state index contributed by atoms with van der Waals surface area (Å²) in [5.41, 5.74) is 8.97. The van der Waals surface area contributed by atoms with Crippen molar-refractivity contribution in [2.45, 2.75) is 19.3 Å². The van der Waals surface area contributed by atoms with Crippen molar-refractivity contribution in [3.63, 3.8) is 0 Å². The molecule has 1 aromatic carbocycles. The van der Waals surface area contributed by atoms with Gasteiger partial charge in [0.2, 0.25) is 0 Å². The van der Waals surface area contributed by atoms with E-state index in [-0.39, 0.29) is 5.41 Å². The second-order valence-corrected chi connectivity index (χ2v) is 6.12. The van der Waals surface area contributed by atoms with E-state index in [0.29, 0.717) is 0 Å². The third kappa shape index (κ3) is 3.47. The van der Waals surface area contributed by atoms with Gasteiger partial charge in [-0.2, -0.15) is 0 Å². The van der Waals surface area contributed by atoms with Crippen LogP contribution in [-0.2, 0) is 5.41 Å². The molecule has 0 fully saturated rings. The molecule has 3 N–H and O–H groups in total. The van der Waals surface area contributed by atoms with Crippen LogP contribution >= 0.6 is 15.9 Å². The molecule has 0 saturated carbocycles. The van der Waals surface area contributed by atoms with E-state index in [2.05, 4.69) is 40.1 Å². The predicted octanol–water partition coefficient (Wildman–Crippen LogP) is 3.82. The molecule has 1 aromatic heterocycles. The van der Waals surface area contributed by atoms with Crippen LogP contribution in [0.1, 0.15) is 19.4 Å². The van der Waals surface area contributed by atoms with Crippen molar-refractivity contribution in [3.8, 4) is 0 Å². The van der Waals surface area contributed by atoms with Crippen molar-refractivity contribution >= 4 is 27.3 Å². The van der Waals surface area contributed by atoms with Crippen molar-refractivity contribution in [3.05, 3.63) is 52.8 Å². The van der Waals surface area contributed by atoms with E-state index in [4.69, 9.17) is 5.73 Å². The second kappa shape index (κ2) is 5.61. The summed E-state index contributed by atoms with van der Waals surface area (Å²) in [5, 5.41) is 3.41. The highest BCUT2D eigenvalue weighted by molar-refractivity contribution is 9.10. The number of hydrogen-bond donors (Lipinski definition) is 2. The van der Waals surface area contributed by atoms with Crippen molar-refractivity contribution in [2.24, 2.45) is 0 Å². The van der Waals surface area contributed by atoms with E-state index in [0.717, 1.165) is 22.4 Å². The molecule has 0 bridgehead atoms. The maximum atomic E-state index is 5.99. The fourth-order valence-corrected chi connectivity index (χ4v) is 2.29. The lowest BCUT2D eigenvalue weighted by atomic mass is 9.85. The normalized spacial score (nSPS) is 11.3. The first kappa shape index (κ1) is 13.9. The van der Waals surface area contributed by atoms with E-state index in [1.54, 1.807) is 0 Å². The molecule has 2 rings (SSSR count). The van der Waals surface area contributed by atoms with Crippen molar-refractivity contribution < 1.29 is 0 Å². The number of nitrogen functional groups attached to an aromatic ring is 1. The van der Waals surface area contributed by atoms with Gasteiger partial charge in [0.05, 0.1) is 11.4 Å². The highest BCUT2D eigenvalue weighted by Gasteiger charge is 2.20. The summed E-state index contributed by atoms with van der Waals surface area (Å²) in [7, 11) is 0. The predicted molar refractivity (Wildman–Crippen MR) is 84.3 cm³/mol. The number of nitrogens with two attached hydrogens (primary N) is 1. The fraction of sp³-hybridized carbons (Fsp3) is 0.267. The molecule has 2 aromatic rings. The minimum absolute atomic E-state index is 0.0163. The minimum atomic E-state index is 0.0163. The standard InChI is InChI=1S/C15H18BrN3/c1-15(2,11-5-7-18-8-6-11)10-19-14-4-3-12(16)9-13(14)17/h3-9,19H,10,17H2,1-2H3. The lowest BCUT2D eigenvalue weighted by Crippen LogP contribution is -2.27. The van der Waals surface area contributed by atoms with Gasteiger partial charge in [0.25, 0.3) is 0 Å². The molecule has 0 aliphatic rings. The maximum absolute atomic E-state index is 5.99. The Balaban J connectivity index is 2.09. The summed E-state index contributed by atoms with van der Waals surface area (Å²) >= 11 is 3.41. The Morgan fingerprint density at radius 3 is 2.53 bits per heavy atom. The van der Waals surface area contributed by atoms with Gasteiger partial charge in [-0.05, 0) is 35.9 Å². The Morgan fingerprint density at radius 2 is 1.89 bits per heavy atom. The van der Waals surface area contributed by atoms with Gasteiger partial charge in [0, 0.05) is 28.8 Å². The number of anilines is 2. The zero-order valence-electron chi connectivity index (χ0n) is 11.2. The smallest absolute Gasteiger partial charge is 0.0575 e. The zero-order chi connectivity index (χ0) is 13.9. The number of pyridine rings is 1. The molecule has 0 radical (unpaired) electrons. The Morgan fingerprint density at radius 1 is 1.21 bits per heavy atom. The molecule has 0 unspecified atom stereocenters. The van der Waals surface area contributed by atoms with Gasteiger partial charge in [-0.3, -0.25) is 4.98 Å². The van der Waals surface area contributed by atoms with Crippen molar-refractivity contribution in [2.75, 3.05) is 17.6 Å². The average Bonchev–Trinajstić information content (AvgIpc) is 2.39. The summed E-state index contributed by atoms with van der Waals surface area (Å²) in [5.74, 6) is 0. The summed E-state index contributed by atoms with van der Waals surface area (Å²) in [6, 6.07) is 9.97. The largest absolute Gasteiger partial charge is 0.397 e. The Kier molecular flexibility index (Phi) is 4.10. The minimum Gasteiger partial charge on any atom is -0.397 e. The number of nitrogens with one attached hydrogen (secondary N) is 1. The summed E-state index contributed by atoms with van der Waals surface area (Å²) in [6.45, 7) is 5.21. The van der Waals surface area contributed by atoms with Crippen LogP contribution in [0.4, 0.5) is 11.4 Å². The van der Waals surface area contributed by atoms with Gasteiger partial charge in [0.15, 0.2) is 0 Å². The van der Waals surface area contributed by atoms with Crippen LogP contribution in [-0.4, -0.2) is 11.5 Å². The van der Waals surface area contributed by atoms with Gasteiger partial charge >= 0.3 is 0 Å². The fourth-order valence-electron chi connectivity index (χ4n) is 1.92. The molecular weight excluding hydrogens is 302 g/mol. The van der Waals surface area contributed by atoms with Gasteiger partial charge in [-0.25, -0.2) is 0 Å². The average molecular weight is 320 g/mol. The first-order valence-electron chi connectivity index (χ1n) is 6.18. The molecule has 19 heavy (non-hydrogen) atoms. The van der Waals surface area contributed by atoms with Crippen molar-refractivity contribution in [1.29, 1.82) is 0 Å². The molecule has 1 heterocycles. The number of rotatable bonds is 4. The van der Waals surface area contributed by atoms with Crippen LogP contribution in [0.15, 0.2) is 47.2 Å². The number of aromatic nitrogens is 1. The monoisotopic (exact) mass is 319 g/mol. The molecular formula is C15H18BrN3. The van der Waals surface area contributed by atoms with Gasteiger partial charge < -0.3 is 11.1 Å². The third-order valence-electron chi connectivity index (χ3n) is 3.20. The maximum Gasteiger partial charge on any atom is 0.0575 e. The summed E-state index contributed by atoms with van der Waals surface area (Å²) in [6.07, 6.45) is 3.65. The van der Waals surface area contributed by atoms with Gasteiger partial charge in [-0.15, -0.1) is 0 Å². The number of hydrogen-bond acceptors (Lipinski definition) is 3. The second-order valence-electron chi connectivity index (χ2n) is 5.20. The topological polar surface area (TPSA) is 50.9 Å². The van der Waals surface area contributed by atoms with Crippen LogP contribution in [0.25, 0.3) is 0 Å². The molecule has 4 heteroatoms. The molecule has 0 amide bonds. The first-order chi connectivity index (χ1) is 8.99. The molecule has 0 aliphatic carbocycles. The van der Waals surface area contributed by atoms with E-state index in [1.165, 1.54) is 5.56 Å². The number of benzene rings is 1. The molecule has 0 atom stereocenters. The Labute approximate surface area is 122 Å². The molecule has 0 spiro atoms. The summed E-state index contributed by atoms with van der Waals surface area (Å²) in [4.78, 5) is 4.06. The quantitative estimate of drug-likeness (QED) is 0.842. The van der Waals surface area contributed by atoms with E-state index < -0.39 is 0 Å². The van der Waals surface area contributed by atoms with E-state index in [1.807, 2.05) is 42.7 Å². The Bertz CT molecular complexity index is 553. The lowest BCUT2D eigenvalue weighted by molar-refractivity contribution is 0.556. The third-order valence-corrected chi connectivity index (χ3v) is 3.69. The Hall–Kier alpha value is -1.55. The molecule has 3 nitrogen and oxygen atoms in total. The van der Waals surface area contributed by atoms with Crippen LogP contribution in [0.5, 0.6) is 0 Å². The van der Waals surface area contributed by atoms with Crippen molar-refractivity contribution in [1.82, 2.24) is 4.98 Å². The summed E-state index contributed by atoms with van der Waals surface area (Å²) < 4.78 is 0.990. The number of halogens is 1. The zero-order valence-corrected chi connectivity index (χ0v) is 12.7. The van der Waals surface area contributed by atoms with Gasteiger partial charge in [0.1, 0.15) is 0 Å². The van der Waals surface area contributed by atoms with Crippen LogP contribution < -0.4 is 11.1 Å². The first-order valence-corrected chi connectivity index (χ1v) is 6.98. The molecule has 0 aliphatic heterocycles. The van der Waals surface area contributed by atoms with E-state index >= 15 is 0 Å². The van der Waals surface area contributed by atoms with Crippen LogP contribution in [0.3, 0.4) is 0 Å². The van der Waals surface area contributed by atoms with Crippen LogP contribution in [0.2, 0.25) is 0 Å². The highest BCUT2D eigenvalue weighted by Crippen LogP contribution is 2.26. The van der Waals surface area contributed by atoms with Gasteiger partial charge in [-0.1, -0.05) is 29.8 Å². The molecule has 100 valence electrons. The van der Waals surface area contributed by atoms with E-state index in [9.17, 15) is 0 Å². The molecule has 0 saturated heterocycles. The highest BCUT2D eigenvalue weighted by atomic mass is 79.9.